The molecule has 0 bridgehead atoms. The first kappa shape index (κ1) is 14.1. The van der Waals surface area contributed by atoms with E-state index in [4.69, 9.17) is 5.73 Å². The molecule has 1 fully saturated rings. The Morgan fingerprint density at radius 2 is 2.24 bits per heavy atom. The fourth-order valence-electron chi connectivity index (χ4n) is 3.26. The van der Waals surface area contributed by atoms with Crippen molar-refractivity contribution in [3.63, 3.8) is 0 Å². The van der Waals surface area contributed by atoms with Gasteiger partial charge in [0.1, 0.15) is 0 Å². The topological polar surface area (TPSA) is 64.2 Å². The molecule has 2 N–H and O–H groups in total. The number of carbonyl (C=O) groups is 1. The second-order valence-electron chi connectivity index (χ2n) is 5.71. The van der Waals surface area contributed by atoms with Gasteiger partial charge in [-0.1, -0.05) is 18.2 Å². The largest absolute Gasteiger partial charge is 0.334 e. The summed E-state index contributed by atoms with van der Waals surface area (Å²) in [5.74, 6) is 0.0614. The number of aromatic nitrogens is 2. The van der Waals surface area contributed by atoms with Crippen LogP contribution in [-0.4, -0.2) is 39.7 Å². The monoisotopic (exact) mass is 286 g/mol. The molecular formula is C16H22N4O. The van der Waals surface area contributed by atoms with Gasteiger partial charge in [0, 0.05) is 25.0 Å². The molecule has 0 spiro atoms. The van der Waals surface area contributed by atoms with E-state index in [0.29, 0.717) is 18.3 Å². The summed E-state index contributed by atoms with van der Waals surface area (Å²) in [7, 11) is 1.88. The molecule has 1 aliphatic heterocycles. The molecule has 21 heavy (non-hydrogen) atoms. The first-order chi connectivity index (χ1) is 10.2. The lowest BCUT2D eigenvalue weighted by atomic mass is 10.1. The van der Waals surface area contributed by atoms with Crippen LogP contribution in [0, 0.1) is 0 Å². The summed E-state index contributed by atoms with van der Waals surface area (Å²) in [5, 5.41) is 5.39. The normalized spacial score (nSPS) is 18.6. The number of para-hydroxylation sites is 1. The fourth-order valence-corrected chi connectivity index (χ4v) is 3.26. The van der Waals surface area contributed by atoms with Gasteiger partial charge in [-0.25, -0.2) is 0 Å². The van der Waals surface area contributed by atoms with Gasteiger partial charge in [0.25, 0.3) is 5.91 Å². The van der Waals surface area contributed by atoms with Crippen LogP contribution in [0.25, 0.3) is 10.9 Å². The first-order valence-corrected chi connectivity index (χ1v) is 7.65. The standard InChI is InChI=1S/C16H22N4O/c1-19-14-9-3-2-8-13(14)15(18-19)16(21)20-11-5-7-12(20)6-4-10-17/h2-3,8-9,12H,4-7,10-11,17H2,1H3. The van der Waals surface area contributed by atoms with E-state index in [2.05, 4.69) is 5.10 Å². The summed E-state index contributed by atoms with van der Waals surface area (Å²) >= 11 is 0. The Bertz CT molecular complexity index is 649. The number of nitrogens with zero attached hydrogens (tertiary/aromatic N) is 3. The van der Waals surface area contributed by atoms with Crippen LogP contribution in [0.1, 0.15) is 36.2 Å². The van der Waals surface area contributed by atoms with E-state index in [1.54, 1.807) is 4.68 Å². The predicted octanol–water partition coefficient (Wildman–Crippen LogP) is 1.92. The third kappa shape index (κ3) is 2.53. The minimum Gasteiger partial charge on any atom is -0.334 e. The highest BCUT2D eigenvalue weighted by atomic mass is 16.2. The summed E-state index contributed by atoms with van der Waals surface area (Å²) in [6.45, 7) is 1.52. The van der Waals surface area contributed by atoms with E-state index >= 15 is 0 Å². The number of aryl methyl sites for hydroxylation is 1. The quantitative estimate of drug-likeness (QED) is 0.934. The van der Waals surface area contributed by atoms with E-state index in [1.807, 2.05) is 36.2 Å². The summed E-state index contributed by atoms with van der Waals surface area (Å²) in [5.41, 5.74) is 7.17. The van der Waals surface area contributed by atoms with Crippen molar-refractivity contribution in [1.82, 2.24) is 14.7 Å². The molecule has 5 heteroatoms. The second-order valence-corrected chi connectivity index (χ2v) is 5.71. The lowest BCUT2D eigenvalue weighted by Gasteiger charge is -2.23. The van der Waals surface area contributed by atoms with Crippen LogP contribution in [0.4, 0.5) is 0 Å². The number of likely N-dealkylation sites (tertiary alicyclic amines) is 1. The molecule has 5 nitrogen and oxygen atoms in total. The molecule has 0 radical (unpaired) electrons. The number of hydrogen-bond donors (Lipinski definition) is 1. The van der Waals surface area contributed by atoms with E-state index in [-0.39, 0.29) is 5.91 Å². The van der Waals surface area contributed by atoms with Crippen LogP contribution in [0.2, 0.25) is 0 Å². The number of hydrogen-bond acceptors (Lipinski definition) is 3. The van der Waals surface area contributed by atoms with E-state index in [9.17, 15) is 4.79 Å². The fraction of sp³-hybridized carbons (Fsp3) is 0.500. The number of benzene rings is 1. The van der Waals surface area contributed by atoms with Crippen LogP contribution >= 0.6 is 0 Å². The van der Waals surface area contributed by atoms with E-state index < -0.39 is 0 Å². The highest BCUT2D eigenvalue weighted by Crippen LogP contribution is 2.26. The summed E-state index contributed by atoms with van der Waals surface area (Å²) < 4.78 is 1.79. The van der Waals surface area contributed by atoms with Crippen LogP contribution in [0.3, 0.4) is 0 Å². The molecule has 1 aliphatic rings. The Hall–Kier alpha value is -1.88. The van der Waals surface area contributed by atoms with Gasteiger partial charge >= 0.3 is 0 Å². The lowest BCUT2D eigenvalue weighted by Crippen LogP contribution is -2.36. The highest BCUT2D eigenvalue weighted by molar-refractivity contribution is 6.05. The maximum Gasteiger partial charge on any atom is 0.275 e. The molecule has 1 aromatic carbocycles. The molecule has 1 atom stereocenters. The summed E-state index contributed by atoms with van der Waals surface area (Å²) in [6, 6.07) is 8.21. The number of fused-ring (bicyclic) bond motifs is 1. The van der Waals surface area contributed by atoms with Gasteiger partial charge in [-0.3, -0.25) is 9.48 Å². The van der Waals surface area contributed by atoms with E-state index in [1.165, 1.54) is 0 Å². The van der Waals surface area contributed by atoms with Crippen molar-refractivity contribution in [1.29, 1.82) is 0 Å². The Morgan fingerprint density at radius 1 is 1.43 bits per heavy atom. The van der Waals surface area contributed by atoms with Crippen LogP contribution in [0.15, 0.2) is 24.3 Å². The molecule has 0 saturated carbocycles. The van der Waals surface area contributed by atoms with Crippen molar-refractivity contribution < 1.29 is 4.79 Å². The lowest BCUT2D eigenvalue weighted by molar-refractivity contribution is 0.0724. The van der Waals surface area contributed by atoms with Gasteiger partial charge in [-0.05, 0) is 38.3 Å². The Balaban J connectivity index is 1.89. The molecule has 3 rings (SSSR count). The zero-order valence-corrected chi connectivity index (χ0v) is 12.5. The Labute approximate surface area is 124 Å². The summed E-state index contributed by atoms with van der Waals surface area (Å²) in [4.78, 5) is 14.9. The van der Waals surface area contributed by atoms with Crippen molar-refractivity contribution in [2.75, 3.05) is 13.1 Å². The smallest absolute Gasteiger partial charge is 0.275 e. The number of rotatable bonds is 4. The van der Waals surface area contributed by atoms with Crippen LogP contribution < -0.4 is 5.73 Å². The van der Waals surface area contributed by atoms with E-state index in [0.717, 1.165) is 43.1 Å². The summed E-state index contributed by atoms with van der Waals surface area (Å²) in [6.07, 6.45) is 4.12. The van der Waals surface area contributed by atoms with Crippen LogP contribution in [0.5, 0.6) is 0 Å². The molecule has 112 valence electrons. The SMILES string of the molecule is Cn1nc(C(=O)N2CCCC2CCCN)c2ccccc21. The van der Waals surface area contributed by atoms with Gasteiger partial charge in [0.2, 0.25) is 0 Å². The zero-order chi connectivity index (χ0) is 14.8. The predicted molar refractivity (Wildman–Crippen MR) is 83.1 cm³/mol. The minimum atomic E-state index is 0.0614. The first-order valence-electron chi connectivity index (χ1n) is 7.65. The van der Waals surface area contributed by atoms with Crippen molar-refractivity contribution in [2.45, 2.75) is 31.7 Å². The van der Waals surface area contributed by atoms with Crippen molar-refractivity contribution >= 4 is 16.8 Å². The van der Waals surface area contributed by atoms with Gasteiger partial charge in [0.05, 0.1) is 5.52 Å². The minimum absolute atomic E-state index is 0.0614. The molecule has 2 heterocycles. The zero-order valence-electron chi connectivity index (χ0n) is 12.5. The van der Waals surface area contributed by atoms with Gasteiger partial charge in [-0.2, -0.15) is 5.10 Å². The molecule has 0 aliphatic carbocycles. The van der Waals surface area contributed by atoms with Gasteiger partial charge in [0.15, 0.2) is 5.69 Å². The average Bonchev–Trinajstić information content (AvgIpc) is 3.10. The molecule has 1 amide bonds. The molecule has 2 aromatic rings. The Kier molecular flexibility index (Phi) is 3.92. The van der Waals surface area contributed by atoms with Crippen molar-refractivity contribution in [3.8, 4) is 0 Å². The maximum absolute atomic E-state index is 12.9. The van der Waals surface area contributed by atoms with Gasteiger partial charge in [-0.15, -0.1) is 0 Å². The highest BCUT2D eigenvalue weighted by Gasteiger charge is 2.31. The second kappa shape index (κ2) is 5.85. The third-order valence-electron chi connectivity index (χ3n) is 4.34. The molecule has 1 aromatic heterocycles. The third-order valence-corrected chi connectivity index (χ3v) is 4.34. The molecular weight excluding hydrogens is 264 g/mol. The number of carbonyl (C=O) groups excluding carboxylic acids is 1. The van der Waals surface area contributed by atoms with Crippen molar-refractivity contribution in [3.05, 3.63) is 30.0 Å². The number of nitrogens with two attached hydrogens (primary N) is 1. The van der Waals surface area contributed by atoms with Crippen molar-refractivity contribution in [2.24, 2.45) is 12.8 Å². The molecule has 1 unspecified atom stereocenters. The maximum atomic E-state index is 12.9. The average molecular weight is 286 g/mol. The molecule has 1 saturated heterocycles. The number of amides is 1. The Morgan fingerprint density at radius 3 is 3.05 bits per heavy atom. The van der Waals surface area contributed by atoms with Crippen LogP contribution in [-0.2, 0) is 7.05 Å². The van der Waals surface area contributed by atoms with Gasteiger partial charge < -0.3 is 10.6 Å².